The number of likely N-dealkylation sites (N-methyl/N-ethyl adjacent to an activating group) is 1. The van der Waals surface area contributed by atoms with Crippen molar-refractivity contribution in [1.29, 1.82) is 0 Å². The van der Waals surface area contributed by atoms with Crippen LogP contribution in [0.15, 0.2) is 18.2 Å². The lowest BCUT2D eigenvalue weighted by atomic mass is 10.1. The van der Waals surface area contributed by atoms with Gasteiger partial charge in [-0.25, -0.2) is 4.39 Å². The van der Waals surface area contributed by atoms with Crippen molar-refractivity contribution in [2.24, 2.45) is 0 Å². The zero-order chi connectivity index (χ0) is 17.3. The molecule has 0 bridgehead atoms. The molecule has 0 aromatic heterocycles. The third kappa shape index (κ3) is 3.09. The van der Waals surface area contributed by atoms with Crippen LogP contribution in [0.2, 0.25) is 0 Å². The minimum absolute atomic E-state index is 0.0976. The van der Waals surface area contributed by atoms with Gasteiger partial charge in [0, 0.05) is 26.1 Å². The van der Waals surface area contributed by atoms with Gasteiger partial charge in [0.05, 0.1) is 18.2 Å². The Morgan fingerprint density at radius 2 is 2.12 bits per heavy atom. The first kappa shape index (κ1) is 16.7. The monoisotopic (exact) mass is 334 g/mol. The molecule has 5 nitrogen and oxygen atoms in total. The van der Waals surface area contributed by atoms with Crippen molar-refractivity contribution in [3.63, 3.8) is 0 Å². The molecular weight excluding hydrogens is 311 g/mol. The van der Waals surface area contributed by atoms with Crippen LogP contribution in [0.5, 0.6) is 5.75 Å². The fourth-order valence-corrected chi connectivity index (χ4v) is 3.41. The van der Waals surface area contributed by atoms with Gasteiger partial charge >= 0.3 is 0 Å². The maximum absolute atomic E-state index is 13.5. The number of fused-ring (bicyclic) bond motifs is 2. The van der Waals surface area contributed by atoms with Crippen molar-refractivity contribution < 1.29 is 18.7 Å². The van der Waals surface area contributed by atoms with Crippen molar-refractivity contribution in [2.45, 2.75) is 44.8 Å². The van der Waals surface area contributed by atoms with E-state index < -0.39 is 5.82 Å². The Morgan fingerprint density at radius 3 is 2.88 bits per heavy atom. The lowest BCUT2D eigenvalue weighted by Gasteiger charge is -2.25. The Kier molecular flexibility index (Phi) is 4.73. The number of carbonyl (C=O) groups excluding carboxylic acids is 2. The molecule has 1 saturated heterocycles. The molecule has 6 heteroatoms. The molecule has 1 fully saturated rings. The standard InChI is InChI=1S/C18H23FN2O3/c1-3-4-5-6-17(22)21-10-14-16(11-21)24-15-9-12(19)7-8-13(15)18(23)20(14)2/h7-9,14,16H,3-6,10-11H2,1-2H3/t14-,16+/m1/s1. The molecule has 2 aliphatic heterocycles. The molecular formula is C18H23FN2O3. The molecule has 0 spiro atoms. The molecule has 0 N–H and O–H groups in total. The number of halogens is 1. The van der Waals surface area contributed by atoms with Crippen LogP contribution in [0, 0.1) is 5.82 Å². The van der Waals surface area contributed by atoms with Crippen LogP contribution in [0.3, 0.4) is 0 Å². The van der Waals surface area contributed by atoms with Gasteiger partial charge in [0.25, 0.3) is 5.91 Å². The molecule has 1 aromatic carbocycles. The first-order valence-electron chi connectivity index (χ1n) is 8.52. The highest BCUT2D eigenvalue weighted by Crippen LogP contribution is 2.31. The largest absolute Gasteiger partial charge is 0.485 e. The van der Waals surface area contributed by atoms with E-state index in [4.69, 9.17) is 4.74 Å². The van der Waals surface area contributed by atoms with Crippen molar-refractivity contribution >= 4 is 11.8 Å². The molecule has 2 aliphatic rings. The second-order valence-corrected chi connectivity index (χ2v) is 6.54. The summed E-state index contributed by atoms with van der Waals surface area (Å²) in [7, 11) is 1.72. The average Bonchev–Trinajstić information content (AvgIpc) is 2.94. The maximum atomic E-state index is 13.5. The summed E-state index contributed by atoms with van der Waals surface area (Å²) in [6.45, 7) is 3.00. The van der Waals surface area contributed by atoms with Gasteiger partial charge < -0.3 is 14.5 Å². The molecule has 0 aliphatic carbocycles. The van der Waals surface area contributed by atoms with Crippen LogP contribution >= 0.6 is 0 Å². The highest BCUT2D eigenvalue weighted by molar-refractivity contribution is 5.97. The minimum atomic E-state index is -0.437. The second kappa shape index (κ2) is 6.79. The summed E-state index contributed by atoms with van der Waals surface area (Å²) >= 11 is 0. The average molecular weight is 334 g/mol. The quantitative estimate of drug-likeness (QED) is 0.795. The number of amides is 2. The highest BCUT2D eigenvalue weighted by Gasteiger charge is 2.43. The van der Waals surface area contributed by atoms with E-state index in [0.717, 1.165) is 19.3 Å². The second-order valence-electron chi connectivity index (χ2n) is 6.54. The molecule has 2 heterocycles. The lowest BCUT2D eigenvalue weighted by Crippen LogP contribution is -2.44. The van der Waals surface area contributed by atoms with Crippen molar-refractivity contribution in [3.8, 4) is 5.75 Å². The number of carbonyl (C=O) groups is 2. The molecule has 0 saturated carbocycles. The Morgan fingerprint density at radius 1 is 1.33 bits per heavy atom. The van der Waals surface area contributed by atoms with E-state index >= 15 is 0 Å². The van der Waals surface area contributed by atoms with Gasteiger partial charge in [-0.15, -0.1) is 0 Å². The third-order valence-corrected chi connectivity index (χ3v) is 4.85. The van der Waals surface area contributed by atoms with Crippen molar-refractivity contribution in [1.82, 2.24) is 9.80 Å². The number of likely N-dealkylation sites (tertiary alicyclic amines) is 1. The van der Waals surface area contributed by atoms with Gasteiger partial charge in [-0.2, -0.15) is 0 Å². The minimum Gasteiger partial charge on any atom is -0.485 e. The van der Waals surface area contributed by atoms with Gasteiger partial charge in [0.2, 0.25) is 5.91 Å². The molecule has 1 aromatic rings. The summed E-state index contributed by atoms with van der Waals surface area (Å²) in [5.41, 5.74) is 0.370. The molecule has 2 atom stereocenters. The van der Waals surface area contributed by atoms with E-state index in [2.05, 4.69) is 6.92 Å². The first-order valence-corrected chi connectivity index (χ1v) is 8.52. The van der Waals surface area contributed by atoms with Gasteiger partial charge in [-0.05, 0) is 18.6 Å². The maximum Gasteiger partial charge on any atom is 0.257 e. The number of hydrogen-bond donors (Lipinski definition) is 0. The summed E-state index contributed by atoms with van der Waals surface area (Å²) in [6, 6.07) is 3.76. The van der Waals surface area contributed by atoms with E-state index in [-0.39, 0.29) is 29.7 Å². The number of unbranched alkanes of at least 4 members (excludes halogenated alkanes) is 2. The molecule has 0 unspecified atom stereocenters. The third-order valence-electron chi connectivity index (χ3n) is 4.85. The van der Waals surface area contributed by atoms with E-state index in [0.29, 0.717) is 25.1 Å². The van der Waals surface area contributed by atoms with E-state index in [1.807, 2.05) is 0 Å². The Balaban J connectivity index is 1.77. The molecule has 3 rings (SSSR count). The molecule has 0 radical (unpaired) electrons. The number of benzene rings is 1. The van der Waals surface area contributed by atoms with Gasteiger partial charge in [-0.1, -0.05) is 19.8 Å². The summed E-state index contributed by atoms with van der Waals surface area (Å²) in [4.78, 5) is 28.3. The van der Waals surface area contributed by atoms with E-state index in [1.54, 1.807) is 16.8 Å². The van der Waals surface area contributed by atoms with Crippen molar-refractivity contribution in [2.75, 3.05) is 20.1 Å². The normalized spacial score (nSPS) is 22.7. The van der Waals surface area contributed by atoms with Gasteiger partial charge in [0.15, 0.2) is 0 Å². The number of ether oxygens (including phenoxy) is 1. The van der Waals surface area contributed by atoms with Crippen LogP contribution in [0.1, 0.15) is 43.0 Å². The molecule has 2 amide bonds. The Bertz CT molecular complexity index is 649. The zero-order valence-electron chi connectivity index (χ0n) is 14.1. The van der Waals surface area contributed by atoms with Crippen LogP contribution in [-0.2, 0) is 4.79 Å². The first-order chi connectivity index (χ1) is 11.5. The van der Waals surface area contributed by atoms with Crippen molar-refractivity contribution in [3.05, 3.63) is 29.6 Å². The van der Waals surface area contributed by atoms with Gasteiger partial charge in [-0.3, -0.25) is 9.59 Å². The summed E-state index contributed by atoms with van der Waals surface area (Å²) in [6.07, 6.45) is 3.19. The predicted octanol–water partition coefficient (Wildman–Crippen LogP) is 2.45. The zero-order valence-corrected chi connectivity index (χ0v) is 14.1. The SMILES string of the molecule is CCCCCC(=O)N1C[C@@H]2Oc3cc(F)ccc3C(=O)N(C)[C@@H]2C1. The summed E-state index contributed by atoms with van der Waals surface area (Å²) < 4.78 is 19.4. The number of rotatable bonds is 4. The Labute approximate surface area is 141 Å². The fourth-order valence-electron chi connectivity index (χ4n) is 3.41. The van der Waals surface area contributed by atoms with Crippen LogP contribution in [0.4, 0.5) is 4.39 Å². The van der Waals surface area contributed by atoms with Crippen LogP contribution in [-0.4, -0.2) is 53.9 Å². The number of nitrogens with zero attached hydrogens (tertiary/aromatic N) is 2. The van der Waals surface area contributed by atoms with Crippen LogP contribution < -0.4 is 4.74 Å². The summed E-state index contributed by atoms with van der Waals surface area (Å²) in [5, 5.41) is 0. The van der Waals surface area contributed by atoms with E-state index in [1.165, 1.54) is 18.2 Å². The summed E-state index contributed by atoms with van der Waals surface area (Å²) in [5.74, 6) is -0.272. The fraction of sp³-hybridized carbons (Fsp3) is 0.556. The van der Waals surface area contributed by atoms with Crippen LogP contribution in [0.25, 0.3) is 0 Å². The molecule has 130 valence electrons. The number of hydrogen-bond acceptors (Lipinski definition) is 3. The Hall–Kier alpha value is -2.11. The molecule has 24 heavy (non-hydrogen) atoms. The van der Waals surface area contributed by atoms with E-state index in [9.17, 15) is 14.0 Å². The topological polar surface area (TPSA) is 49.9 Å². The smallest absolute Gasteiger partial charge is 0.257 e. The lowest BCUT2D eigenvalue weighted by molar-refractivity contribution is -0.130. The predicted molar refractivity (Wildman–Crippen MR) is 87.4 cm³/mol. The highest BCUT2D eigenvalue weighted by atomic mass is 19.1. The van der Waals surface area contributed by atoms with Gasteiger partial charge in [0.1, 0.15) is 17.7 Å².